The van der Waals surface area contributed by atoms with Crippen molar-refractivity contribution in [1.82, 2.24) is 4.57 Å². The maximum atomic E-state index is 6.19. The van der Waals surface area contributed by atoms with Crippen molar-refractivity contribution in [1.29, 1.82) is 0 Å². The molecule has 2 heteroatoms. The summed E-state index contributed by atoms with van der Waals surface area (Å²) in [5.41, 5.74) is 5.63. The molecular formula is C20H15NO. The average Bonchev–Trinajstić information content (AvgIpc) is 3.03. The van der Waals surface area contributed by atoms with Gasteiger partial charge in [0.15, 0.2) is 5.58 Å². The van der Waals surface area contributed by atoms with Gasteiger partial charge in [0, 0.05) is 34.1 Å². The zero-order chi connectivity index (χ0) is 14.8. The molecule has 0 atom stereocenters. The van der Waals surface area contributed by atoms with Crippen LogP contribution in [0.2, 0.25) is 0 Å². The molecule has 0 N–H and O–H groups in total. The van der Waals surface area contributed by atoms with Crippen LogP contribution in [0.5, 0.6) is 0 Å². The third-order valence-corrected chi connectivity index (χ3v) is 4.66. The first-order valence-electron chi connectivity index (χ1n) is 7.53. The third kappa shape index (κ3) is 1.34. The van der Waals surface area contributed by atoms with Crippen molar-refractivity contribution in [2.45, 2.75) is 6.92 Å². The molecular weight excluding hydrogens is 270 g/mol. The highest BCUT2D eigenvalue weighted by atomic mass is 16.3. The Morgan fingerprint density at radius 3 is 2.55 bits per heavy atom. The highest BCUT2D eigenvalue weighted by molar-refractivity contribution is 6.20. The minimum atomic E-state index is 0.950. The largest absolute Gasteiger partial charge is 0.454 e. The molecule has 2 heterocycles. The Bertz CT molecular complexity index is 1190. The summed E-state index contributed by atoms with van der Waals surface area (Å²) >= 11 is 0. The van der Waals surface area contributed by atoms with Gasteiger partial charge in [-0.25, -0.2) is 0 Å². The number of hydrogen-bond acceptors (Lipinski definition) is 1. The zero-order valence-corrected chi connectivity index (χ0v) is 12.6. The van der Waals surface area contributed by atoms with Crippen molar-refractivity contribution in [3.05, 3.63) is 60.2 Å². The Balaban J connectivity index is 2.10. The number of furan rings is 1. The predicted octanol–water partition coefficient (Wildman–Crippen LogP) is 5.54. The van der Waals surface area contributed by atoms with Gasteiger partial charge < -0.3 is 8.98 Å². The number of nitrogens with zero attached hydrogens (tertiary/aromatic N) is 1. The van der Waals surface area contributed by atoms with Crippen LogP contribution in [0, 0.1) is 6.92 Å². The monoisotopic (exact) mass is 285 g/mol. The number of aromatic nitrogens is 1. The fourth-order valence-corrected chi connectivity index (χ4v) is 3.60. The highest BCUT2D eigenvalue weighted by Crippen LogP contribution is 2.38. The fraction of sp³-hybridized carbons (Fsp3) is 0.100. The van der Waals surface area contributed by atoms with Gasteiger partial charge in [0.2, 0.25) is 0 Å². The second kappa shape index (κ2) is 3.92. The van der Waals surface area contributed by atoms with Crippen molar-refractivity contribution >= 4 is 43.7 Å². The van der Waals surface area contributed by atoms with Crippen molar-refractivity contribution in [2.75, 3.05) is 0 Å². The van der Waals surface area contributed by atoms with Crippen LogP contribution in [0.3, 0.4) is 0 Å². The highest BCUT2D eigenvalue weighted by Gasteiger charge is 2.15. The average molecular weight is 285 g/mol. The van der Waals surface area contributed by atoms with E-state index in [0.717, 1.165) is 11.2 Å². The van der Waals surface area contributed by atoms with Crippen LogP contribution in [0.25, 0.3) is 43.7 Å². The van der Waals surface area contributed by atoms with Crippen LogP contribution >= 0.6 is 0 Å². The molecule has 22 heavy (non-hydrogen) atoms. The summed E-state index contributed by atoms with van der Waals surface area (Å²) in [6.07, 6.45) is 0. The van der Waals surface area contributed by atoms with Crippen LogP contribution in [0.4, 0.5) is 0 Å². The maximum Gasteiger partial charge on any atom is 0.159 e. The van der Waals surface area contributed by atoms with Crippen molar-refractivity contribution in [3.8, 4) is 0 Å². The minimum absolute atomic E-state index is 0.950. The van der Waals surface area contributed by atoms with Gasteiger partial charge >= 0.3 is 0 Å². The molecule has 5 aromatic rings. The van der Waals surface area contributed by atoms with Gasteiger partial charge in [-0.3, -0.25) is 0 Å². The lowest BCUT2D eigenvalue weighted by Gasteiger charge is -1.98. The molecule has 0 aliphatic heterocycles. The molecule has 0 unspecified atom stereocenters. The van der Waals surface area contributed by atoms with E-state index in [4.69, 9.17) is 4.42 Å². The van der Waals surface area contributed by atoms with E-state index >= 15 is 0 Å². The van der Waals surface area contributed by atoms with E-state index in [9.17, 15) is 0 Å². The first-order chi connectivity index (χ1) is 10.7. The van der Waals surface area contributed by atoms with E-state index < -0.39 is 0 Å². The van der Waals surface area contributed by atoms with Gasteiger partial charge in [0.05, 0.1) is 5.52 Å². The van der Waals surface area contributed by atoms with Crippen molar-refractivity contribution in [3.63, 3.8) is 0 Å². The molecule has 0 aliphatic carbocycles. The van der Waals surface area contributed by atoms with Crippen LogP contribution in [0.15, 0.2) is 59.0 Å². The molecule has 106 valence electrons. The van der Waals surface area contributed by atoms with E-state index in [1.54, 1.807) is 0 Å². The summed E-state index contributed by atoms with van der Waals surface area (Å²) in [4.78, 5) is 0. The molecule has 0 saturated carbocycles. The van der Waals surface area contributed by atoms with Gasteiger partial charge in [0.25, 0.3) is 0 Å². The lowest BCUT2D eigenvalue weighted by atomic mass is 10.1. The van der Waals surface area contributed by atoms with Gasteiger partial charge in [-0.05, 0) is 31.2 Å². The summed E-state index contributed by atoms with van der Waals surface area (Å²) in [5.74, 6) is 0. The summed E-state index contributed by atoms with van der Waals surface area (Å²) in [7, 11) is 2.12. The number of fused-ring (bicyclic) bond motifs is 7. The van der Waals surface area contributed by atoms with Crippen LogP contribution in [-0.2, 0) is 7.05 Å². The fourth-order valence-electron chi connectivity index (χ4n) is 3.60. The summed E-state index contributed by atoms with van der Waals surface area (Å²) in [5, 5.41) is 4.92. The van der Waals surface area contributed by atoms with E-state index in [2.05, 4.69) is 61.0 Å². The van der Waals surface area contributed by atoms with Gasteiger partial charge in [0.1, 0.15) is 5.58 Å². The zero-order valence-electron chi connectivity index (χ0n) is 12.6. The standard InChI is InChI=1S/C20H15NO/c1-12-7-10-17-16(11-12)14-8-9-15-13-5-3-4-6-18(13)22-20(15)19(14)21(17)2/h3-11H,1-2H3. The van der Waals surface area contributed by atoms with Gasteiger partial charge in [-0.2, -0.15) is 0 Å². The Hall–Kier alpha value is -2.74. The Morgan fingerprint density at radius 2 is 1.64 bits per heavy atom. The van der Waals surface area contributed by atoms with Gasteiger partial charge in [-0.1, -0.05) is 35.9 Å². The quantitative estimate of drug-likeness (QED) is 0.365. The lowest BCUT2D eigenvalue weighted by molar-refractivity contribution is 0.670. The Kier molecular flexibility index (Phi) is 2.11. The Labute approximate surface area is 127 Å². The number of para-hydroxylation sites is 1. The van der Waals surface area contributed by atoms with E-state index in [1.807, 2.05) is 12.1 Å². The van der Waals surface area contributed by atoms with E-state index in [1.165, 1.54) is 38.1 Å². The topological polar surface area (TPSA) is 18.1 Å². The van der Waals surface area contributed by atoms with Crippen molar-refractivity contribution < 1.29 is 4.42 Å². The van der Waals surface area contributed by atoms with E-state index in [0.29, 0.717) is 0 Å². The van der Waals surface area contributed by atoms with Crippen LogP contribution < -0.4 is 0 Å². The van der Waals surface area contributed by atoms with Crippen LogP contribution in [-0.4, -0.2) is 4.57 Å². The molecule has 0 fully saturated rings. The summed E-state index contributed by atoms with van der Waals surface area (Å²) in [6, 6.07) is 19.3. The lowest BCUT2D eigenvalue weighted by Crippen LogP contribution is -1.86. The summed E-state index contributed by atoms with van der Waals surface area (Å²) in [6.45, 7) is 2.14. The second-order valence-electron chi connectivity index (χ2n) is 6.02. The first kappa shape index (κ1) is 11.9. The first-order valence-corrected chi connectivity index (χ1v) is 7.53. The molecule has 0 radical (unpaired) electrons. The molecule has 0 spiro atoms. The number of rotatable bonds is 0. The molecule has 2 nitrogen and oxygen atoms in total. The number of hydrogen-bond donors (Lipinski definition) is 0. The molecule has 0 saturated heterocycles. The molecule has 0 aliphatic rings. The molecule has 0 bridgehead atoms. The SMILES string of the molecule is Cc1ccc2c(c1)c1ccc3c4ccccc4oc3c1n2C. The predicted molar refractivity (Wildman–Crippen MR) is 92.4 cm³/mol. The van der Waals surface area contributed by atoms with Crippen LogP contribution in [0.1, 0.15) is 5.56 Å². The molecule has 5 rings (SSSR count). The molecule has 3 aromatic carbocycles. The van der Waals surface area contributed by atoms with Crippen molar-refractivity contribution in [2.24, 2.45) is 7.05 Å². The molecule has 2 aromatic heterocycles. The Morgan fingerprint density at radius 1 is 0.818 bits per heavy atom. The van der Waals surface area contributed by atoms with Gasteiger partial charge in [-0.15, -0.1) is 0 Å². The summed E-state index contributed by atoms with van der Waals surface area (Å²) < 4.78 is 8.43. The maximum absolute atomic E-state index is 6.19. The minimum Gasteiger partial charge on any atom is -0.454 e. The molecule has 0 amide bonds. The number of aryl methyl sites for hydroxylation is 2. The smallest absolute Gasteiger partial charge is 0.159 e. The number of benzene rings is 3. The second-order valence-corrected chi connectivity index (χ2v) is 6.02. The normalized spacial score (nSPS) is 12.1. The van der Waals surface area contributed by atoms with E-state index in [-0.39, 0.29) is 0 Å². The third-order valence-electron chi connectivity index (χ3n) is 4.66.